The van der Waals surface area contributed by atoms with Crippen LogP contribution < -0.4 is 11.1 Å². The Labute approximate surface area is 126 Å². The molecule has 0 aliphatic carbocycles. The minimum absolute atomic E-state index is 0.106. The third kappa shape index (κ3) is 2.85. The first kappa shape index (κ1) is 14.6. The lowest BCUT2D eigenvalue weighted by molar-refractivity contribution is 0.0931. The average Bonchev–Trinajstić information content (AvgIpc) is 2.63. The number of halogens is 1. The van der Waals surface area contributed by atoms with Gasteiger partial charge in [-0.25, -0.2) is 0 Å². The van der Waals surface area contributed by atoms with Gasteiger partial charge in [0.2, 0.25) is 0 Å². The standard InChI is InChI=1S/C14H17BrN4O/c1-8(10-4-6-11(15)7-5-10)17-14(20)13-12(16)9(2)18-19(13)3/h4-8H,16H2,1-3H3,(H,17,20)/t8-/m1/s1. The van der Waals surface area contributed by atoms with Crippen molar-refractivity contribution in [1.29, 1.82) is 0 Å². The van der Waals surface area contributed by atoms with Gasteiger partial charge in [-0.05, 0) is 31.5 Å². The van der Waals surface area contributed by atoms with Gasteiger partial charge in [-0.3, -0.25) is 9.48 Å². The van der Waals surface area contributed by atoms with Gasteiger partial charge in [0.1, 0.15) is 5.69 Å². The van der Waals surface area contributed by atoms with Crippen molar-refractivity contribution in [3.8, 4) is 0 Å². The molecule has 0 aliphatic heterocycles. The maximum Gasteiger partial charge on any atom is 0.272 e. The lowest BCUT2D eigenvalue weighted by Crippen LogP contribution is -2.29. The summed E-state index contributed by atoms with van der Waals surface area (Å²) in [6, 6.07) is 7.71. The number of hydrogen-bond donors (Lipinski definition) is 2. The Bertz CT molecular complexity index is 633. The second-order valence-corrected chi connectivity index (χ2v) is 5.63. The fourth-order valence-corrected chi connectivity index (χ4v) is 2.31. The van der Waals surface area contributed by atoms with E-state index >= 15 is 0 Å². The second kappa shape index (κ2) is 5.66. The molecule has 0 aliphatic rings. The Morgan fingerprint density at radius 2 is 2.00 bits per heavy atom. The van der Waals surface area contributed by atoms with E-state index in [9.17, 15) is 4.79 Å². The fourth-order valence-electron chi connectivity index (χ4n) is 2.04. The predicted octanol–water partition coefficient (Wildman–Crippen LogP) is 2.56. The Morgan fingerprint density at radius 3 is 2.50 bits per heavy atom. The van der Waals surface area contributed by atoms with Crippen molar-refractivity contribution in [2.45, 2.75) is 19.9 Å². The summed E-state index contributed by atoms with van der Waals surface area (Å²) in [4.78, 5) is 12.3. The topological polar surface area (TPSA) is 72.9 Å². The van der Waals surface area contributed by atoms with Crippen molar-refractivity contribution in [3.63, 3.8) is 0 Å². The maximum absolute atomic E-state index is 12.3. The molecule has 3 N–H and O–H groups in total. The molecule has 0 spiro atoms. The molecular formula is C14H17BrN4O. The second-order valence-electron chi connectivity index (χ2n) is 4.72. The minimum atomic E-state index is -0.221. The van der Waals surface area contributed by atoms with Crippen molar-refractivity contribution in [2.75, 3.05) is 5.73 Å². The van der Waals surface area contributed by atoms with E-state index in [4.69, 9.17) is 5.73 Å². The molecule has 0 unspecified atom stereocenters. The molecule has 5 nitrogen and oxygen atoms in total. The molecule has 20 heavy (non-hydrogen) atoms. The number of nitrogens with zero attached hydrogens (tertiary/aromatic N) is 2. The molecular weight excluding hydrogens is 320 g/mol. The van der Waals surface area contributed by atoms with E-state index in [1.165, 1.54) is 4.68 Å². The van der Waals surface area contributed by atoms with Crippen LogP contribution in [0.25, 0.3) is 0 Å². The first-order chi connectivity index (χ1) is 9.40. The van der Waals surface area contributed by atoms with Gasteiger partial charge in [-0.15, -0.1) is 0 Å². The van der Waals surface area contributed by atoms with Gasteiger partial charge in [-0.2, -0.15) is 5.10 Å². The Morgan fingerprint density at radius 1 is 1.40 bits per heavy atom. The van der Waals surface area contributed by atoms with Gasteiger partial charge in [0.05, 0.1) is 17.4 Å². The van der Waals surface area contributed by atoms with E-state index in [-0.39, 0.29) is 11.9 Å². The van der Waals surface area contributed by atoms with Crippen LogP contribution in [0.4, 0.5) is 5.69 Å². The van der Waals surface area contributed by atoms with Gasteiger partial charge in [0.25, 0.3) is 5.91 Å². The van der Waals surface area contributed by atoms with Crippen molar-refractivity contribution in [3.05, 3.63) is 45.7 Å². The quantitative estimate of drug-likeness (QED) is 0.904. The smallest absolute Gasteiger partial charge is 0.272 e. The number of benzene rings is 1. The number of carbonyl (C=O) groups excluding carboxylic acids is 1. The molecule has 6 heteroatoms. The van der Waals surface area contributed by atoms with Crippen LogP contribution in [0.2, 0.25) is 0 Å². The molecule has 0 fully saturated rings. The number of anilines is 1. The summed E-state index contributed by atoms with van der Waals surface area (Å²) in [6.07, 6.45) is 0. The number of nitrogen functional groups attached to an aromatic ring is 1. The summed E-state index contributed by atoms with van der Waals surface area (Å²) in [5.74, 6) is -0.221. The largest absolute Gasteiger partial charge is 0.395 e. The molecule has 106 valence electrons. The van der Waals surface area contributed by atoms with Crippen molar-refractivity contribution in [1.82, 2.24) is 15.1 Å². The normalized spacial score (nSPS) is 12.2. The fraction of sp³-hybridized carbons (Fsp3) is 0.286. The van der Waals surface area contributed by atoms with E-state index in [2.05, 4.69) is 26.3 Å². The monoisotopic (exact) mass is 336 g/mol. The maximum atomic E-state index is 12.3. The van der Waals surface area contributed by atoms with Crippen molar-refractivity contribution < 1.29 is 4.79 Å². The minimum Gasteiger partial charge on any atom is -0.395 e. The number of nitrogens with two attached hydrogens (primary N) is 1. The zero-order valence-corrected chi connectivity index (χ0v) is 13.2. The average molecular weight is 337 g/mol. The highest BCUT2D eigenvalue weighted by atomic mass is 79.9. The summed E-state index contributed by atoms with van der Waals surface area (Å²) in [6.45, 7) is 3.71. The van der Waals surface area contributed by atoms with E-state index in [1.54, 1.807) is 14.0 Å². The summed E-state index contributed by atoms with van der Waals surface area (Å²) in [5, 5.41) is 7.08. The molecule has 0 saturated heterocycles. The third-order valence-corrected chi connectivity index (χ3v) is 3.73. The number of amides is 1. The van der Waals surface area contributed by atoms with Crippen LogP contribution in [0, 0.1) is 6.92 Å². The van der Waals surface area contributed by atoms with Gasteiger partial charge in [0, 0.05) is 11.5 Å². The number of carbonyl (C=O) groups is 1. The van der Waals surface area contributed by atoms with Crippen LogP contribution in [0.5, 0.6) is 0 Å². The summed E-state index contributed by atoms with van der Waals surface area (Å²) < 4.78 is 2.51. The highest BCUT2D eigenvalue weighted by Crippen LogP contribution is 2.19. The number of aryl methyl sites for hydroxylation is 2. The van der Waals surface area contributed by atoms with Crippen LogP contribution in [0.1, 0.15) is 34.7 Å². The number of aromatic nitrogens is 2. The van der Waals surface area contributed by atoms with Gasteiger partial charge >= 0.3 is 0 Å². The molecule has 1 amide bonds. The highest BCUT2D eigenvalue weighted by molar-refractivity contribution is 9.10. The molecule has 0 bridgehead atoms. The van der Waals surface area contributed by atoms with Gasteiger partial charge < -0.3 is 11.1 Å². The Hall–Kier alpha value is -1.82. The van der Waals surface area contributed by atoms with E-state index in [1.807, 2.05) is 31.2 Å². The number of rotatable bonds is 3. The van der Waals surface area contributed by atoms with Crippen LogP contribution >= 0.6 is 15.9 Å². The van der Waals surface area contributed by atoms with E-state index in [0.717, 1.165) is 10.0 Å². The van der Waals surface area contributed by atoms with Crippen LogP contribution in [0.15, 0.2) is 28.7 Å². The van der Waals surface area contributed by atoms with E-state index < -0.39 is 0 Å². The summed E-state index contributed by atoms with van der Waals surface area (Å²) >= 11 is 3.39. The van der Waals surface area contributed by atoms with Gasteiger partial charge in [-0.1, -0.05) is 28.1 Å². The molecule has 1 aromatic carbocycles. The molecule has 2 aromatic rings. The lowest BCUT2D eigenvalue weighted by Gasteiger charge is -2.14. The molecule has 0 radical (unpaired) electrons. The SMILES string of the molecule is Cc1nn(C)c(C(=O)N[C@H](C)c2ccc(Br)cc2)c1N. The highest BCUT2D eigenvalue weighted by Gasteiger charge is 2.19. The first-order valence-corrected chi connectivity index (χ1v) is 7.05. The molecule has 1 aromatic heterocycles. The van der Waals surface area contributed by atoms with Crippen LogP contribution in [-0.4, -0.2) is 15.7 Å². The molecule has 1 heterocycles. The summed E-state index contributed by atoms with van der Waals surface area (Å²) in [5.41, 5.74) is 8.40. The van der Waals surface area contributed by atoms with Crippen molar-refractivity contribution in [2.24, 2.45) is 7.05 Å². The molecule has 1 atom stereocenters. The Balaban J connectivity index is 2.17. The molecule has 0 saturated carbocycles. The van der Waals surface area contributed by atoms with Crippen LogP contribution in [0.3, 0.4) is 0 Å². The molecule has 2 rings (SSSR count). The predicted molar refractivity (Wildman–Crippen MR) is 82.4 cm³/mol. The number of nitrogens with one attached hydrogen (secondary N) is 1. The Kier molecular flexibility index (Phi) is 4.13. The first-order valence-electron chi connectivity index (χ1n) is 6.25. The van der Waals surface area contributed by atoms with Gasteiger partial charge in [0.15, 0.2) is 0 Å². The zero-order chi connectivity index (χ0) is 14.9. The zero-order valence-electron chi connectivity index (χ0n) is 11.6. The van der Waals surface area contributed by atoms with Crippen molar-refractivity contribution >= 4 is 27.5 Å². The summed E-state index contributed by atoms with van der Waals surface area (Å²) in [7, 11) is 1.71. The van der Waals surface area contributed by atoms with Crippen LogP contribution in [-0.2, 0) is 7.05 Å². The number of hydrogen-bond acceptors (Lipinski definition) is 3. The van der Waals surface area contributed by atoms with E-state index in [0.29, 0.717) is 17.1 Å². The lowest BCUT2D eigenvalue weighted by atomic mass is 10.1. The third-order valence-electron chi connectivity index (χ3n) is 3.20.